The van der Waals surface area contributed by atoms with Crippen molar-refractivity contribution in [1.29, 1.82) is 0 Å². The predicted octanol–water partition coefficient (Wildman–Crippen LogP) is 2.15. The molecule has 0 bridgehead atoms. The standard InChI is InChI=1S/C22H30N4O2/c1-17(16-18-6-2-5-9-21(18)27)26-14-12-25(13-15-26)11-10-24-20-8-4-3-7-19(20)22(23)28/h2-9,17,24,27H,10-16H2,1H3,(H2,23,28). The Morgan fingerprint density at radius 2 is 1.79 bits per heavy atom. The van der Waals surface area contributed by atoms with Crippen molar-refractivity contribution in [2.24, 2.45) is 5.73 Å². The average molecular weight is 383 g/mol. The minimum absolute atomic E-state index is 0.385. The molecule has 150 valence electrons. The number of phenols is 1. The van der Waals surface area contributed by atoms with E-state index >= 15 is 0 Å². The number of carbonyl (C=O) groups excluding carboxylic acids is 1. The molecule has 0 aliphatic carbocycles. The molecule has 1 fully saturated rings. The van der Waals surface area contributed by atoms with Gasteiger partial charge in [-0.25, -0.2) is 0 Å². The first kappa shape index (κ1) is 20.2. The summed E-state index contributed by atoms with van der Waals surface area (Å²) in [5.74, 6) is -0.0227. The van der Waals surface area contributed by atoms with E-state index < -0.39 is 5.91 Å². The monoisotopic (exact) mass is 382 g/mol. The molecule has 1 aliphatic rings. The highest BCUT2D eigenvalue weighted by Gasteiger charge is 2.21. The van der Waals surface area contributed by atoms with Gasteiger partial charge >= 0.3 is 0 Å². The van der Waals surface area contributed by atoms with Crippen molar-refractivity contribution in [3.63, 3.8) is 0 Å². The number of hydrogen-bond donors (Lipinski definition) is 3. The van der Waals surface area contributed by atoms with Crippen LogP contribution in [0, 0.1) is 0 Å². The highest BCUT2D eigenvalue weighted by Crippen LogP contribution is 2.20. The second-order valence-electron chi connectivity index (χ2n) is 7.40. The number of anilines is 1. The number of piperazine rings is 1. The molecule has 4 N–H and O–H groups in total. The highest BCUT2D eigenvalue weighted by molar-refractivity contribution is 5.98. The van der Waals surface area contributed by atoms with Gasteiger partial charge in [-0.15, -0.1) is 0 Å². The summed E-state index contributed by atoms with van der Waals surface area (Å²) in [6, 6.07) is 15.3. The van der Waals surface area contributed by atoms with Crippen molar-refractivity contribution in [3.05, 3.63) is 59.7 Å². The van der Waals surface area contributed by atoms with Crippen LogP contribution in [0.5, 0.6) is 5.75 Å². The number of para-hydroxylation sites is 2. The number of rotatable bonds is 8. The number of nitrogens with two attached hydrogens (primary N) is 1. The molecular formula is C22H30N4O2. The fourth-order valence-corrected chi connectivity index (χ4v) is 3.76. The summed E-state index contributed by atoms with van der Waals surface area (Å²) in [7, 11) is 0. The van der Waals surface area contributed by atoms with Gasteiger partial charge in [-0.2, -0.15) is 0 Å². The summed E-state index contributed by atoms with van der Waals surface area (Å²) in [5.41, 5.74) is 7.76. The summed E-state index contributed by atoms with van der Waals surface area (Å²) in [6.07, 6.45) is 0.859. The van der Waals surface area contributed by atoms with E-state index in [1.54, 1.807) is 12.1 Å². The van der Waals surface area contributed by atoms with Crippen LogP contribution in [0.15, 0.2) is 48.5 Å². The van der Waals surface area contributed by atoms with Crippen LogP contribution < -0.4 is 11.1 Å². The average Bonchev–Trinajstić information content (AvgIpc) is 2.70. The number of hydrogen-bond acceptors (Lipinski definition) is 5. The summed E-state index contributed by atoms with van der Waals surface area (Å²) < 4.78 is 0. The number of aromatic hydroxyl groups is 1. The zero-order valence-corrected chi connectivity index (χ0v) is 16.5. The fourth-order valence-electron chi connectivity index (χ4n) is 3.76. The third-order valence-corrected chi connectivity index (χ3v) is 5.47. The van der Waals surface area contributed by atoms with Gasteiger partial charge in [0.2, 0.25) is 0 Å². The number of nitrogens with zero attached hydrogens (tertiary/aromatic N) is 2. The van der Waals surface area contributed by atoms with Crippen LogP contribution in [-0.2, 0) is 6.42 Å². The Morgan fingerprint density at radius 3 is 2.50 bits per heavy atom. The molecule has 6 nitrogen and oxygen atoms in total. The van der Waals surface area contributed by atoms with E-state index in [1.165, 1.54) is 0 Å². The first-order valence-electron chi connectivity index (χ1n) is 9.90. The van der Waals surface area contributed by atoms with E-state index in [0.717, 1.165) is 56.9 Å². The number of nitrogens with one attached hydrogen (secondary N) is 1. The maximum atomic E-state index is 11.5. The van der Waals surface area contributed by atoms with Crippen molar-refractivity contribution in [3.8, 4) is 5.75 Å². The Kier molecular flexibility index (Phi) is 6.90. The normalized spacial score (nSPS) is 16.6. The number of phenolic OH excluding ortho intramolecular Hbond substituents is 1. The lowest BCUT2D eigenvalue weighted by Gasteiger charge is -2.38. The zero-order chi connectivity index (χ0) is 19.9. The quantitative estimate of drug-likeness (QED) is 0.652. The highest BCUT2D eigenvalue weighted by atomic mass is 16.3. The first-order chi connectivity index (χ1) is 13.5. The van der Waals surface area contributed by atoms with Gasteiger partial charge in [0.25, 0.3) is 5.91 Å². The van der Waals surface area contributed by atoms with Crippen LogP contribution in [0.4, 0.5) is 5.69 Å². The zero-order valence-electron chi connectivity index (χ0n) is 16.5. The molecule has 1 amide bonds. The number of primary amides is 1. The van der Waals surface area contributed by atoms with Gasteiger partial charge in [0.05, 0.1) is 5.56 Å². The Labute approximate surface area is 166 Å². The topological polar surface area (TPSA) is 81.8 Å². The first-order valence-corrected chi connectivity index (χ1v) is 9.90. The molecular weight excluding hydrogens is 352 g/mol. The predicted molar refractivity (Wildman–Crippen MR) is 113 cm³/mol. The van der Waals surface area contributed by atoms with Gasteiger partial charge in [-0.05, 0) is 37.1 Å². The lowest BCUT2D eigenvalue weighted by Crippen LogP contribution is -2.50. The minimum Gasteiger partial charge on any atom is -0.508 e. The molecule has 1 aliphatic heterocycles. The lowest BCUT2D eigenvalue weighted by molar-refractivity contribution is 0.100. The molecule has 2 aromatic rings. The number of benzene rings is 2. The van der Waals surface area contributed by atoms with Gasteiger partial charge in [-0.1, -0.05) is 30.3 Å². The molecule has 0 aromatic heterocycles. The van der Waals surface area contributed by atoms with E-state index in [2.05, 4.69) is 22.0 Å². The molecule has 1 unspecified atom stereocenters. The van der Waals surface area contributed by atoms with Crippen LogP contribution in [-0.4, -0.2) is 66.1 Å². The molecule has 1 saturated heterocycles. The molecule has 1 heterocycles. The molecule has 0 spiro atoms. The van der Waals surface area contributed by atoms with Gasteiger partial charge in [0.15, 0.2) is 0 Å². The van der Waals surface area contributed by atoms with Crippen LogP contribution >= 0.6 is 0 Å². The largest absolute Gasteiger partial charge is 0.508 e. The Morgan fingerprint density at radius 1 is 1.11 bits per heavy atom. The van der Waals surface area contributed by atoms with E-state index in [9.17, 15) is 9.90 Å². The fraction of sp³-hybridized carbons (Fsp3) is 0.409. The molecule has 2 aromatic carbocycles. The van der Waals surface area contributed by atoms with Crippen LogP contribution in [0.2, 0.25) is 0 Å². The maximum absolute atomic E-state index is 11.5. The van der Waals surface area contributed by atoms with Crippen molar-refractivity contribution < 1.29 is 9.90 Å². The second kappa shape index (κ2) is 9.57. The Hall–Kier alpha value is -2.57. The molecule has 0 radical (unpaired) electrons. The van der Waals surface area contributed by atoms with Gasteiger partial charge in [-0.3, -0.25) is 14.6 Å². The minimum atomic E-state index is -0.407. The Bertz CT molecular complexity index is 788. The summed E-state index contributed by atoms with van der Waals surface area (Å²) >= 11 is 0. The molecule has 28 heavy (non-hydrogen) atoms. The van der Waals surface area contributed by atoms with Crippen LogP contribution in [0.25, 0.3) is 0 Å². The number of carbonyl (C=O) groups is 1. The van der Waals surface area contributed by atoms with Crippen molar-refractivity contribution >= 4 is 11.6 Å². The van der Waals surface area contributed by atoms with E-state index in [1.807, 2.05) is 36.4 Å². The molecule has 3 rings (SSSR count). The van der Waals surface area contributed by atoms with Gasteiger partial charge in [0, 0.05) is 51.0 Å². The van der Waals surface area contributed by atoms with E-state index in [4.69, 9.17) is 5.73 Å². The third kappa shape index (κ3) is 5.24. The van der Waals surface area contributed by atoms with Crippen molar-refractivity contribution in [2.75, 3.05) is 44.6 Å². The van der Waals surface area contributed by atoms with Gasteiger partial charge < -0.3 is 16.2 Å². The van der Waals surface area contributed by atoms with Gasteiger partial charge in [0.1, 0.15) is 5.75 Å². The van der Waals surface area contributed by atoms with E-state index in [0.29, 0.717) is 17.4 Å². The maximum Gasteiger partial charge on any atom is 0.250 e. The molecule has 0 saturated carbocycles. The smallest absolute Gasteiger partial charge is 0.250 e. The molecule has 6 heteroatoms. The SMILES string of the molecule is CC(Cc1ccccc1O)N1CCN(CCNc2ccccc2C(N)=O)CC1. The van der Waals surface area contributed by atoms with Crippen molar-refractivity contribution in [2.45, 2.75) is 19.4 Å². The summed E-state index contributed by atoms with van der Waals surface area (Å²) in [5, 5.41) is 13.3. The number of amides is 1. The van der Waals surface area contributed by atoms with Crippen LogP contribution in [0.1, 0.15) is 22.8 Å². The summed E-state index contributed by atoms with van der Waals surface area (Å²) in [6.45, 7) is 8.00. The second-order valence-corrected chi connectivity index (χ2v) is 7.40. The summed E-state index contributed by atoms with van der Waals surface area (Å²) in [4.78, 5) is 16.4. The van der Waals surface area contributed by atoms with E-state index in [-0.39, 0.29) is 0 Å². The molecule has 1 atom stereocenters. The van der Waals surface area contributed by atoms with Crippen molar-refractivity contribution in [1.82, 2.24) is 9.80 Å². The van der Waals surface area contributed by atoms with Crippen LogP contribution in [0.3, 0.4) is 0 Å². The third-order valence-electron chi connectivity index (χ3n) is 5.47. The lowest BCUT2D eigenvalue weighted by atomic mass is 10.0. The Balaban J connectivity index is 1.42.